The van der Waals surface area contributed by atoms with Crippen molar-refractivity contribution in [2.45, 2.75) is 12.5 Å². The Balaban J connectivity index is 1.35. The zero-order chi connectivity index (χ0) is 21.4. The first-order valence-electron chi connectivity index (χ1n) is 10.4. The molecular weight excluding hydrogens is 388 g/mol. The van der Waals surface area contributed by atoms with Gasteiger partial charge in [0.05, 0.1) is 0 Å². The molecule has 0 radical (unpaired) electrons. The molecule has 0 saturated carbocycles. The van der Waals surface area contributed by atoms with Crippen LogP contribution >= 0.6 is 0 Å². The summed E-state index contributed by atoms with van der Waals surface area (Å²) in [6, 6.07) is 18.9. The summed E-state index contributed by atoms with van der Waals surface area (Å²) in [7, 11) is 4.29. The first-order valence-corrected chi connectivity index (χ1v) is 10.4. The van der Waals surface area contributed by atoms with E-state index in [1.807, 2.05) is 42.5 Å². The molecule has 0 bridgehead atoms. The van der Waals surface area contributed by atoms with Crippen molar-refractivity contribution in [2.24, 2.45) is 0 Å². The Kier molecular flexibility index (Phi) is 4.91. The lowest BCUT2D eigenvalue weighted by Crippen LogP contribution is -2.31. The van der Waals surface area contributed by atoms with Gasteiger partial charge in [-0.15, -0.1) is 5.10 Å². The molecule has 1 fully saturated rings. The highest BCUT2D eigenvalue weighted by molar-refractivity contribution is 5.88. The molecule has 1 atom stereocenters. The molecule has 3 heterocycles. The van der Waals surface area contributed by atoms with Gasteiger partial charge in [-0.05, 0) is 56.2 Å². The van der Waals surface area contributed by atoms with Crippen LogP contribution in [0.15, 0.2) is 60.8 Å². The van der Waals surface area contributed by atoms with Gasteiger partial charge in [0.2, 0.25) is 11.9 Å². The number of anilines is 4. The molecule has 31 heavy (non-hydrogen) atoms. The largest absolute Gasteiger partial charge is 0.370 e. The van der Waals surface area contributed by atoms with Gasteiger partial charge in [-0.2, -0.15) is 9.67 Å². The fourth-order valence-electron chi connectivity index (χ4n) is 4.09. The van der Waals surface area contributed by atoms with E-state index in [2.05, 4.69) is 56.4 Å². The van der Waals surface area contributed by atoms with Gasteiger partial charge in [-0.3, -0.25) is 0 Å². The Labute approximate surface area is 181 Å². The van der Waals surface area contributed by atoms with Gasteiger partial charge < -0.3 is 20.9 Å². The normalized spacial score (nSPS) is 16.4. The van der Waals surface area contributed by atoms with E-state index in [-0.39, 0.29) is 5.95 Å². The van der Waals surface area contributed by atoms with E-state index in [1.54, 1.807) is 10.9 Å². The van der Waals surface area contributed by atoms with E-state index in [1.165, 1.54) is 12.1 Å². The van der Waals surface area contributed by atoms with Gasteiger partial charge in [0.25, 0.3) is 0 Å². The molecular formula is C23H26N8. The zero-order valence-corrected chi connectivity index (χ0v) is 17.7. The average molecular weight is 415 g/mol. The number of fused-ring (bicyclic) bond motifs is 1. The molecule has 0 aliphatic carbocycles. The van der Waals surface area contributed by atoms with E-state index < -0.39 is 0 Å². The van der Waals surface area contributed by atoms with Crippen LogP contribution in [0.3, 0.4) is 0 Å². The number of nitrogen functional groups attached to an aromatic ring is 1. The summed E-state index contributed by atoms with van der Waals surface area (Å²) in [6.45, 7) is 2.14. The second-order valence-electron chi connectivity index (χ2n) is 8.09. The van der Waals surface area contributed by atoms with Crippen molar-refractivity contribution in [3.8, 4) is 5.82 Å². The van der Waals surface area contributed by atoms with Crippen LogP contribution in [0.25, 0.3) is 16.6 Å². The van der Waals surface area contributed by atoms with E-state index >= 15 is 0 Å². The molecule has 0 unspecified atom stereocenters. The van der Waals surface area contributed by atoms with Gasteiger partial charge in [-0.25, -0.2) is 4.98 Å². The van der Waals surface area contributed by atoms with Gasteiger partial charge in [0, 0.05) is 42.1 Å². The van der Waals surface area contributed by atoms with Crippen LogP contribution in [0.5, 0.6) is 0 Å². The number of rotatable bonds is 5. The molecule has 5 rings (SSSR count). The van der Waals surface area contributed by atoms with Crippen molar-refractivity contribution in [3.63, 3.8) is 0 Å². The summed E-state index contributed by atoms with van der Waals surface area (Å²) < 4.78 is 1.57. The maximum atomic E-state index is 6.16. The Hall–Kier alpha value is -3.65. The molecule has 1 aliphatic rings. The topological polar surface area (TPSA) is 88.1 Å². The number of nitrogens with one attached hydrogen (secondary N) is 1. The minimum atomic E-state index is 0.287. The van der Waals surface area contributed by atoms with E-state index in [9.17, 15) is 0 Å². The molecule has 0 amide bonds. The lowest BCUT2D eigenvalue weighted by molar-refractivity contribution is 0.315. The quantitative estimate of drug-likeness (QED) is 0.518. The highest BCUT2D eigenvalue weighted by Gasteiger charge is 2.24. The summed E-state index contributed by atoms with van der Waals surface area (Å²) in [5, 5.41) is 9.84. The van der Waals surface area contributed by atoms with E-state index in [0.717, 1.165) is 29.5 Å². The lowest BCUT2D eigenvalue weighted by Gasteiger charge is -2.22. The number of hydrogen-bond donors (Lipinski definition) is 2. The maximum absolute atomic E-state index is 6.16. The van der Waals surface area contributed by atoms with Gasteiger partial charge in [-0.1, -0.05) is 24.3 Å². The van der Waals surface area contributed by atoms with Gasteiger partial charge >= 0.3 is 0 Å². The third-order valence-electron chi connectivity index (χ3n) is 5.87. The standard InChI is InChI=1S/C23H26N8/c1-29(2)19-12-14-30(15-19)18-9-7-17(8-10-18)26-23-27-22(24)31(28-23)21-20-6-4-3-5-16(20)11-13-25-21/h3-11,13,19H,12,14-15H2,1-2H3,(H3,24,26,27,28)/t19-/m0/s1. The van der Waals surface area contributed by atoms with Crippen LogP contribution in [0.1, 0.15) is 6.42 Å². The number of nitrogens with zero attached hydrogens (tertiary/aromatic N) is 6. The van der Waals surface area contributed by atoms with Crippen molar-refractivity contribution in [3.05, 3.63) is 60.8 Å². The van der Waals surface area contributed by atoms with E-state index in [4.69, 9.17) is 5.73 Å². The molecule has 2 aromatic carbocycles. The highest BCUT2D eigenvalue weighted by Crippen LogP contribution is 2.26. The second kappa shape index (κ2) is 7.88. The van der Waals surface area contributed by atoms with Gasteiger partial charge in [0.15, 0.2) is 5.82 Å². The number of benzene rings is 2. The molecule has 1 aliphatic heterocycles. The van der Waals surface area contributed by atoms with Crippen molar-refractivity contribution < 1.29 is 0 Å². The average Bonchev–Trinajstić information content (AvgIpc) is 3.41. The summed E-state index contributed by atoms with van der Waals surface area (Å²) in [5.74, 6) is 1.39. The van der Waals surface area contributed by atoms with Crippen LogP contribution in [-0.2, 0) is 0 Å². The third kappa shape index (κ3) is 3.77. The Morgan fingerprint density at radius 3 is 2.65 bits per heavy atom. The Morgan fingerprint density at radius 2 is 1.87 bits per heavy atom. The fraction of sp³-hybridized carbons (Fsp3) is 0.261. The molecule has 8 nitrogen and oxygen atoms in total. The predicted octanol–water partition coefficient (Wildman–Crippen LogP) is 3.28. The number of aromatic nitrogens is 4. The second-order valence-corrected chi connectivity index (χ2v) is 8.09. The van der Waals surface area contributed by atoms with Crippen LogP contribution < -0.4 is 16.0 Å². The SMILES string of the molecule is CN(C)[C@H]1CCN(c2ccc(Nc3nc(N)n(-c4nccc5ccccc45)n3)cc2)C1. The van der Waals surface area contributed by atoms with Crippen LogP contribution in [0.2, 0.25) is 0 Å². The Morgan fingerprint density at radius 1 is 1.06 bits per heavy atom. The van der Waals surface area contributed by atoms with Crippen molar-refractivity contribution in [1.29, 1.82) is 0 Å². The van der Waals surface area contributed by atoms with E-state index in [0.29, 0.717) is 17.8 Å². The highest BCUT2D eigenvalue weighted by atomic mass is 15.4. The zero-order valence-electron chi connectivity index (χ0n) is 17.7. The van der Waals surface area contributed by atoms with Crippen molar-refractivity contribution in [2.75, 3.05) is 43.1 Å². The smallest absolute Gasteiger partial charge is 0.248 e. The minimum Gasteiger partial charge on any atom is -0.370 e. The summed E-state index contributed by atoms with van der Waals surface area (Å²) >= 11 is 0. The number of hydrogen-bond acceptors (Lipinski definition) is 7. The van der Waals surface area contributed by atoms with Crippen molar-refractivity contribution >= 4 is 34.0 Å². The van der Waals surface area contributed by atoms with Crippen molar-refractivity contribution in [1.82, 2.24) is 24.6 Å². The molecule has 158 valence electrons. The molecule has 4 aromatic rings. The first-order chi connectivity index (χ1) is 15.1. The van der Waals surface area contributed by atoms with Gasteiger partial charge in [0.1, 0.15) is 0 Å². The number of pyridine rings is 1. The fourth-order valence-corrected chi connectivity index (χ4v) is 4.09. The summed E-state index contributed by atoms with van der Waals surface area (Å²) in [5.41, 5.74) is 8.30. The van der Waals surface area contributed by atoms with Crippen LogP contribution in [0, 0.1) is 0 Å². The minimum absolute atomic E-state index is 0.287. The van der Waals surface area contributed by atoms with Crippen LogP contribution in [0.4, 0.5) is 23.3 Å². The monoisotopic (exact) mass is 414 g/mol. The first kappa shape index (κ1) is 19.3. The number of likely N-dealkylation sites (N-methyl/N-ethyl adjacent to an activating group) is 1. The third-order valence-corrected chi connectivity index (χ3v) is 5.87. The predicted molar refractivity (Wildman–Crippen MR) is 125 cm³/mol. The summed E-state index contributed by atoms with van der Waals surface area (Å²) in [4.78, 5) is 13.6. The molecule has 1 saturated heterocycles. The molecule has 0 spiro atoms. The molecule has 3 N–H and O–H groups in total. The number of nitrogens with two attached hydrogens (primary N) is 1. The molecule has 2 aromatic heterocycles. The molecule has 8 heteroatoms. The maximum Gasteiger partial charge on any atom is 0.248 e. The van der Waals surface area contributed by atoms with Crippen LogP contribution in [-0.4, -0.2) is 57.9 Å². The summed E-state index contributed by atoms with van der Waals surface area (Å²) in [6.07, 6.45) is 2.94. The Bertz CT molecular complexity index is 1190. The lowest BCUT2D eigenvalue weighted by atomic mass is 10.1.